The number of rotatable bonds is 6. The minimum absolute atomic E-state index is 0.107. The zero-order valence-corrected chi connectivity index (χ0v) is 12.0. The first-order chi connectivity index (χ1) is 9.25. The van der Waals surface area contributed by atoms with E-state index in [2.05, 4.69) is 12.1 Å². The van der Waals surface area contributed by atoms with Gasteiger partial charge in [-0.25, -0.2) is 0 Å². The van der Waals surface area contributed by atoms with E-state index in [1.165, 1.54) is 5.56 Å². The van der Waals surface area contributed by atoms with Crippen LogP contribution in [-0.4, -0.2) is 30.5 Å². The number of hydrogen-bond donors (Lipinski definition) is 0. The monoisotopic (exact) mass is 280 g/mol. The summed E-state index contributed by atoms with van der Waals surface area (Å²) in [4.78, 5) is 11.8. The van der Waals surface area contributed by atoms with Gasteiger partial charge < -0.3 is 9.47 Å². The van der Waals surface area contributed by atoms with Gasteiger partial charge in [-0.2, -0.15) is 0 Å². The first kappa shape index (κ1) is 14.4. The fourth-order valence-electron chi connectivity index (χ4n) is 1.93. The van der Waals surface area contributed by atoms with Crippen LogP contribution < -0.4 is 0 Å². The molecule has 2 unspecified atom stereocenters. The van der Waals surface area contributed by atoms with Crippen molar-refractivity contribution in [2.45, 2.75) is 36.9 Å². The highest BCUT2D eigenvalue weighted by Crippen LogP contribution is 2.19. The normalized spacial score (nSPS) is 20.2. The summed E-state index contributed by atoms with van der Waals surface area (Å²) in [6, 6.07) is 10.1. The molecule has 1 aromatic carbocycles. The van der Waals surface area contributed by atoms with Gasteiger partial charge in [0.15, 0.2) is 0 Å². The maximum Gasteiger partial charge on any atom is 0.318 e. The average Bonchev–Trinajstić information content (AvgIpc) is 2.96. The molecular formula is C15H20O3S. The maximum absolute atomic E-state index is 11.8. The Kier molecular flexibility index (Phi) is 5.73. The number of hydrogen-bond acceptors (Lipinski definition) is 4. The molecule has 0 aromatic heterocycles. The van der Waals surface area contributed by atoms with E-state index < -0.39 is 0 Å². The molecule has 1 aliphatic rings. The Hall–Kier alpha value is -1.00. The molecule has 104 valence electrons. The third kappa shape index (κ3) is 4.88. The summed E-state index contributed by atoms with van der Waals surface area (Å²) >= 11 is 1.60. The van der Waals surface area contributed by atoms with E-state index in [0.29, 0.717) is 6.61 Å². The van der Waals surface area contributed by atoms with Gasteiger partial charge in [0.05, 0.1) is 11.4 Å². The number of carbonyl (C=O) groups is 1. The fraction of sp³-hybridized carbons (Fsp3) is 0.533. The molecular weight excluding hydrogens is 260 g/mol. The number of esters is 1. The molecule has 0 amide bonds. The second-order valence-electron chi connectivity index (χ2n) is 4.70. The van der Waals surface area contributed by atoms with Crippen LogP contribution in [0.1, 0.15) is 25.3 Å². The molecule has 1 fully saturated rings. The van der Waals surface area contributed by atoms with Crippen LogP contribution in [-0.2, 0) is 20.0 Å². The first-order valence-electron chi connectivity index (χ1n) is 6.69. The van der Waals surface area contributed by atoms with Crippen LogP contribution in [0.5, 0.6) is 0 Å². The largest absolute Gasteiger partial charge is 0.462 e. The minimum atomic E-state index is -0.142. The molecule has 0 saturated carbocycles. The molecule has 1 aromatic rings. The number of benzene rings is 1. The summed E-state index contributed by atoms with van der Waals surface area (Å²) in [7, 11) is 0. The SMILES string of the molecule is CC(SCc1ccccc1)C(=O)OCC1CCCO1. The Labute approximate surface area is 118 Å². The van der Waals surface area contributed by atoms with E-state index in [-0.39, 0.29) is 17.3 Å². The Morgan fingerprint density at radius 1 is 1.47 bits per heavy atom. The van der Waals surface area contributed by atoms with Crippen LogP contribution in [0.2, 0.25) is 0 Å². The van der Waals surface area contributed by atoms with Crippen molar-refractivity contribution in [3.8, 4) is 0 Å². The van der Waals surface area contributed by atoms with Gasteiger partial charge in [0.2, 0.25) is 0 Å². The molecule has 2 rings (SSSR count). The smallest absolute Gasteiger partial charge is 0.318 e. The van der Waals surface area contributed by atoms with Crippen molar-refractivity contribution in [1.29, 1.82) is 0 Å². The van der Waals surface area contributed by atoms with Crippen molar-refractivity contribution < 1.29 is 14.3 Å². The van der Waals surface area contributed by atoms with Gasteiger partial charge in [0, 0.05) is 12.4 Å². The minimum Gasteiger partial charge on any atom is -0.462 e. The first-order valence-corrected chi connectivity index (χ1v) is 7.74. The number of carbonyl (C=O) groups excluding carboxylic acids is 1. The summed E-state index contributed by atoms with van der Waals surface area (Å²) in [6.07, 6.45) is 2.18. The quantitative estimate of drug-likeness (QED) is 0.750. The Bertz CT molecular complexity index is 388. The molecule has 19 heavy (non-hydrogen) atoms. The maximum atomic E-state index is 11.8. The van der Waals surface area contributed by atoms with Crippen LogP contribution >= 0.6 is 11.8 Å². The molecule has 1 heterocycles. The van der Waals surface area contributed by atoms with E-state index in [9.17, 15) is 4.79 Å². The van der Waals surface area contributed by atoms with Gasteiger partial charge in [-0.3, -0.25) is 4.79 Å². The number of ether oxygens (including phenoxy) is 2. The summed E-state index contributed by atoms with van der Waals surface area (Å²) in [6.45, 7) is 3.08. The molecule has 0 radical (unpaired) electrons. The standard InChI is InChI=1S/C15H20O3S/c1-12(19-11-13-6-3-2-4-7-13)15(16)18-10-14-8-5-9-17-14/h2-4,6-7,12,14H,5,8-11H2,1H3. The van der Waals surface area contributed by atoms with Crippen LogP contribution in [0.15, 0.2) is 30.3 Å². The van der Waals surface area contributed by atoms with E-state index >= 15 is 0 Å². The second kappa shape index (κ2) is 7.56. The predicted molar refractivity (Wildman–Crippen MR) is 77.1 cm³/mol. The van der Waals surface area contributed by atoms with Crippen LogP contribution in [0, 0.1) is 0 Å². The van der Waals surface area contributed by atoms with Gasteiger partial charge in [-0.05, 0) is 25.3 Å². The van der Waals surface area contributed by atoms with E-state index in [1.54, 1.807) is 11.8 Å². The van der Waals surface area contributed by atoms with Gasteiger partial charge in [-0.1, -0.05) is 30.3 Å². The molecule has 2 atom stereocenters. The highest BCUT2D eigenvalue weighted by Gasteiger charge is 2.20. The van der Waals surface area contributed by atoms with Crippen molar-refractivity contribution >= 4 is 17.7 Å². The Balaban J connectivity index is 1.67. The lowest BCUT2D eigenvalue weighted by molar-refractivity contribution is -0.145. The number of thioether (sulfide) groups is 1. The van der Waals surface area contributed by atoms with Gasteiger partial charge in [0.1, 0.15) is 6.61 Å². The van der Waals surface area contributed by atoms with E-state index in [4.69, 9.17) is 9.47 Å². The highest BCUT2D eigenvalue weighted by atomic mass is 32.2. The molecule has 4 heteroatoms. The van der Waals surface area contributed by atoms with Gasteiger partial charge in [0.25, 0.3) is 0 Å². The van der Waals surface area contributed by atoms with Crippen molar-refractivity contribution in [3.05, 3.63) is 35.9 Å². The van der Waals surface area contributed by atoms with E-state index in [1.807, 2.05) is 25.1 Å². The second-order valence-corrected chi connectivity index (χ2v) is 6.03. The molecule has 0 bridgehead atoms. The Morgan fingerprint density at radius 3 is 2.95 bits per heavy atom. The third-order valence-electron chi connectivity index (χ3n) is 3.11. The van der Waals surface area contributed by atoms with Crippen LogP contribution in [0.4, 0.5) is 0 Å². The lowest BCUT2D eigenvalue weighted by Crippen LogP contribution is -2.23. The topological polar surface area (TPSA) is 35.5 Å². The molecule has 1 saturated heterocycles. The lowest BCUT2D eigenvalue weighted by atomic mass is 10.2. The Morgan fingerprint density at radius 2 is 2.26 bits per heavy atom. The van der Waals surface area contributed by atoms with Crippen molar-refractivity contribution in [3.63, 3.8) is 0 Å². The molecule has 1 aliphatic heterocycles. The highest BCUT2D eigenvalue weighted by molar-refractivity contribution is 7.99. The van der Waals surface area contributed by atoms with Crippen LogP contribution in [0.3, 0.4) is 0 Å². The molecule has 3 nitrogen and oxygen atoms in total. The lowest BCUT2D eigenvalue weighted by Gasteiger charge is -2.14. The van der Waals surface area contributed by atoms with Gasteiger partial charge in [-0.15, -0.1) is 11.8 Å². The average molecular weight is 280 g/mol. The summed E-state index contributed by atoms with van der Waals surface area (Å²) in [5, 5.41) is -0.137. The fourth-order valence-corrected chi connectivity index (χ4v) is 2.77. The molecule has 0 aliphatic carbocycles. The zero-order chi connectivity index (χ0) is 13.5. The van der Waals surface area contributed by atoms with Gasteiger partial charge >= 0.3 is 5.97 Å². The van der Waals surface area contributed by atoms with Crippen molar-refractivity contribution in [2.75, 3.05) is 13.2 Å². The summed E-state index contributed by atoms with van der Waals surface area (Å²) in [5.41, 5.74) is 1.23. The van der Waals surface area contributed by atoms with Crippen LogP contribution in [0.25, 0.3) is 0 Å². The summed E-state index contributed by atoms with van der Waals surface area (Å²) in [5.74, 6) is 0.688. The van der Waals surface area contributed by atoms with Crippen molar-refractivity contribution in [2.24, 2.45) is 0 Å². The molecule has 0 spiro atoms. The van der Waals surface area contributed by atoms with Crippen molar-refractivity contribution in [1.82, 2.24) is 0 Å². The van der Waals surface area contributed by atoms with E-state index in [0.717, 1.165) is 25.2 Å². The predicted octanol–water partition coefficient (Wildman–Crippen LogP) is 3.03. The third-order valence-corrected chi connectivity index (χ3v) is 4.30. The molecule has 0 N–H and O–H groups in total. The summed E-state index contributed by atoms with van der Waals surface area (Å²) < 4.78 is 10.7. The zero-order valence-electron chi connectivity index (χ0n) is 11.2.